The second-order valence-corrected chi connectivity index (χ2v) is 14.4. The number of fused-ring (bicyclic) bond motifs is 3. The van der Waals surface area contributed by atoms with Gasteiger partial charge in [-0.25, -0.2) is 4.98 Å². The molecule has 5 rings (SSSR count). The minimum absolute atomic E-state index is 0.0889. The van der Waals surface area contributed by atoms with Gasteiger partial charge < -0.3 is 14.6 Å². The third-order valence-electron chi connectivity index (χ3n) is 6.09. The van der Waals surface area contributed by atoms with Crippen LogP contribution in [0, 0.1) is 3.82 Å². The Labute approximate surface area is 252 Å². The fourth-order valence-corrected chi connectivity index (χ4v) is 9.36. The third-order valence-corrected chi connectivity index (χ3v) is 11.6. The van der Waals surface area contributed by atoms with E-state index < -0.39 is 5.54 Å². The number of H-pyrrole nitrogens is 1. The van der Waals surface area contributed by atoms with Gasteiger partial charge in [-0.3, -0.25) is 9.59 Å². The molecule has 0 spiro atoms. The molecule has 0 unspecified atom stereocenters. The van der Waals surface area contributed by atoms with Crippen molar-refractivity contribution in [2.24, 2.45) is 0 Å². The zero-order valence-electron chi connectivity index (χ0n) is 21.3. The molecule has 0 saturated carbocycles. The van der Waals surface area contributed by atoms with E-state index in [0.717, 1.165) is 36.2 Å². The number of anilines is 1. The van der Waals surface area contributed by atoms with Gasteiger partial charge in [-0.1, -0.05) is 56.3 Å². The van der Waals surface area contributed by atoms with Crippen molar-refractivity contribution in [3.63, 3.8) is 0 Å². The van der Waals surface area contributed by atoms with Crippen LogP contribution in [0.3, 0.4) is 0 Å². The summed E-state index contributed by atoms with van der Waals surface area (Å²) in [6.07, 6.45) is 0. The molecule has 202 valence electrons. The van der Waals surface area contributed by atoms with E-state index >= 15 is 0 Å². The monoisotopic (exact) mass is 633 g/mol. The van der Waals surface area contributed by atoms with Crippen LogP contribution in [0.4, 0.5) is 5.69 Å². The molecule has 0 saturated heterocycles. The summed E-state index contributed by atoms with van der Waals surface area (Å²) in [6.45, 7) is 6.57. The molecule has 1 N–H and O–H groups in total. The summed E-state index contributed by atoms with van der Waals surface area (Å²) >= 11 is 14.4. The molecule has 4 aromatic rings. The van der Waals surface area contributed by atoms with Gasteiger partial charge in [-0.15, -0.1) is 11.8 Å². The molecular weight excluding hydrogens is 610 g/mol. The van der Waals surface area contributed by atoms with Gasteiger partial charge in [0.1, 0.15) is 9.57 Å². The van der Waals surface area contributed by atoms with Crippen LogP contribution < -0.4 is 15.2 Å². The van der Waals surface area contributed by atoms with Crippen LogP contribution in [0.25, 0.3) is 11.1 Å². The lowest BCUT2D eigenvalue weighted by atomic mass is 9.87. The van der Waals surface area contributed by atoms with Crippen molar-refractivity contribution in [3.8, 4) is 16.9 Å². The normalized spacial score (nSPS) is 13.6. The zero-order chi connectivity index (χ0) is 27.7. The lowest BCUT2D eigenvalue weighted by molar-refractivity contribution is -0.117. The molecule has 1 aliphatic rings. The average Bonchev–Trinajstić information content (AvgIpc) is 3.30. The van der Waals surface area contributed by atoms with Crippen molar-refractivity contribution in [1.82, 2.24) is 9.97 Å². The molecule has 0 radical (unpaired) electrons. The predicted molar refractivity (Wildman–Crippen MR) is 167 cm³/mol. The molecule has 3 heterocycles. The van der Waals surface area contributed by atoms with E-state index in [4.69, 9.17) is 28.6 Å². The fraction of sp³-hybridized carbons (Fsp3) is 0.259. The highest BCUT2D eigenvalue weighted by atomic mass is 35.5. The van der Waals surface area contributed by atoms with Crippen LogP contribution in [0.2, 0.25) is 5.02 Å². The van der Waals surface area contributed by atoms with Gasteiger partial charge in [0.25, 0.3) is 5.56 Å². The molecule has 0 bridgehead atoms. The molecule has 0 fully saturated rings. The highest BCUT2D eigenvalue weighted by molar-refractivity contribution is 7.99. The largest absolute Gasteiger partial charge is 0.494 e. The van der Waals surface area contributed by atoms with Gasteiger partial charge in [-0.2, -0.15) is 0 Å². The van der Waals surface area contributed by atoms with Crippen LogP contribution in [-0.2, 0) is 16.1 Å². The summed E-state index contributed by atoms with van der Waals surface area (Å²) in [4.78, 5) is 37.4. The lowest BCUT2D eigenvalue weighted by Gasteiger charge is -2.43. The Morgan fingerprint density at radius 3 is 2.67 bits per heavy atom. The molecule has 1 amide bonds. The minimum atomic E-state index is -0.594. The van der Waals surface area contributed by atoms with E-state index in [1.54, 1.807) is 32.4 Å². The van der Waals surface area contributed by atoms with Crippen LogP contribution in [0.1, 0.15) is 31.3 Å². The number of aromatic nitrogens is 2. The maximum Gasteiger partial charge on any atom is 0.251 e. The van der Waals surface area contributed by atoms with Gasteiger partial charge >= 0.3 is 0 Å². The van der Waals surface area contributed by atoms with Crippen molar-refractivity contribution in [2.75, 3.05) is 17.3 Å². The average molecular weight is 634 g/mol. The number of carbonyl (C=O) groups excluding carboxylic acids is 1. The number of aromatic amines is 1. The van der Waals surface area contributed by atoms with E-state index in [0.29, 0.717) is 28.2 Å². The standard InChI is InChI=1S/C27H24ClN3O3S5/c1-4-34-17-7-10-20-19(12-17)23-24(38-39-25(23)35)27(2,3)31(20)22(33)14-37-26-29-16(11-21(32)30-26)13-36-18-8-5-15(28)6-9-18/h5-12H,4,13-14H2,1-3H3,(H,29,30,32). The molecular formula is C27H24ClN3O3S5. The maximum absolute atomic E-state index is 13.8. The van der Waals surface area contributed by atoms with Gasteiger partial charge in [0.2, 0.25) is 5.91 Å². The molecule has 2 aromatic heterocycles. The Morgan fingerprint density at radius 1 is 1.15 bits per heavy atom. The zero-order valence-corrected chi connectivity index (χ0v) is 26.1. The lowest BCUT2D eigenvalue weighted by Crippen LogP contribution is -2.48. The minimum Gasteiger partial charge on any atom is -0.494 e. The molecule has 39 heavy (non-hydrogen) atoms. The number of halogens is 1. The van der Waals surface area contributed by atoms with Crippen LogP contribution in [-0.4, -0.2) is 28.2 Å². The number of carbonyl (C=O) groups is 1. The summed E-state index contributed by atoms with van der Waals surface area (Å²) < 4.78 is 6.56. The first-order chi connectivity index (χ1) is 18.7. The number of nitrogens with zero attached hydrogens (tertiary/aromatic N) is 2. The highest BCUT2D eigenvalue weighted by Gasteiger charge is 2.43. The summed E-state index contributed by atoms with van der Waals surface area (Å²) in [6, 6.07) is 14.8. The topological polar surface area (TPSA) is 75.3 Å². The van der Waals surface area contributed by atoms with E-state index in [1.807, 2.05) is 68.1 Å². The third kappa shape index (κ3) is 5.98. The van der Waals surface area contributed by atoms with Gasteiger partial charge in [0.05, 0.1) is 34.2 Å². The number of ether oxygens (including phenoxy) is 1. The summed E-state index contributed by atoms with van der Waals surface area (Å²) in [5, 5.41) is 1.09. The SMILES string of the molecule is CCOc1ccc2c(c1)-c1c(ssc1=S)C(C)(C)N2C(=O)CSc1nc(CSc2ccc(Cl)cc2)cc(=O)[nH]1. The maximum atomic E-state index is 13.8. The second kappa shape index (κ2) is 11.8. The first kappa shape index (κ1) is 28.4. The summed E-state index contributed by atoms with van der Waals surface area (Å²) in [5.74, 6) is 1.28. The molecule has 12 heteroatoms. The predicted octanol–water partition coefficient (Wildman–Crippen LogP) is 8.01. The van der Waals surface area contributed by atoms with E-state index in [1.165, 1.54) is 17.8 Å². The molecule has 0 aliphatic carbocycles. The van der Waals surface area contributed by atoms with Gasteiger partial charge in [-0.05, 0) is 63.2 Å². The summed E-state index contributed by atoms with van der Waals surface area (Å²) in [7, 11) is 3.16. The highest BCUT2D eigenvalue weighted by Crippen LogP contribution is 2.53. The number of benzene rings is 2. The molecule has 2 aromatic carbocycles. The Bertz CT molecular complexity index is 1650. The number of thioether (sulfide) groups is 2. The number of rotatable bonds is 8. The first-order valence-electron chi connectivity index (χ1n) is 12.0. The number of hydrogen-bond donors (Lipinski definition) is 1. The number of hydrogen-bond acceptors (Lipinski definition) is 9. The van der Waals surface area contributed by atoms with Crippen LogP contribution in [0.15, 0.2) is 63.4 Å². The van der Waals surface area contributed by atoms with E-state index in [2.05, 4.69) is 9.97 Å². The number of amides is 1. The van der Waals surface area contributed by atoms with Gasteiger partial charge in [0.15, 0.2) is 5.16 Å². The van der Waals surface area contributed by atoms with E-state index in [9.17, 15) is 9.59 Å². The second-order valence-electron chi connectivity index (χ2n) is 9.13. The van der Waals surface area contributed by atoms with Crippen LogP contribution >= 0.6 is 68.0 Å². The fourth-order valence-electron chi connectivity index (χ4n) is 4.42. The Balaban J connectivity index is 1.38. The van der Waals surface area contributed by atoms with Crippen molar-refractivity contribution in [2.45, 2.75) is 42.1 Å². The molecule has 0 atom stereocenters. The Kier molecular flexibility index (Phi) is 8.56. The number of nitrogens with one attached hydrogen (secondary N) is 1. The summed E-state index contributed by atoms with van der Waals surface area (Å²) in [5.41, 5.74) is 2.51. The quantitative estimate of drug-likeness (QED) is 0.0912. The Hall–Kier alpha value is -2.15. The van der Waals surface area contributed by atoms with Crippen LogP contribution in [0.5, 0.6) is 5.75 Å². The van der Waals surface area contributed by atoms with Gasteiger partial charge in [0, 0.05) is 32.9 Å². The molecule has 6 nitrogen and oxygen atoms in total. The van der Waals surface area contributed by atoms with Crippen molar-refractivity contribution in [1.29, 1.82) is 0 Å². The van der Waals surface area contributed by atoms with Crippen molar-refractivity contribution >= 4 is 79.6 Å². The Morgan fingerprint density at radius 2 is 1.92 bits per heavy atom. The van der Waals surface area contributed by atoms with Crippen molar-refractivity contribution < 1.29 is 9.53 Å². The smallest absolute Gasteiger partial charge is 0.251 e. The molecule has 1 aliphatic heterocycles. The first-order valence-corrected chi connectivity index (χ1v) is 16.9. The van der Waals surface area contributed by atoms with Crippen molar-refractivity contribution in [3.05, 3.63) is 78.3 Å². The van der Waals surface area contributed by atoms with E-state index in [-0.39, 0.29) is 17.2 Å².